The van der Waals surface area contributed by atoms with E-state index in [0.29, 0.717) is 55.6 Å². The molecule has 1 fully saturated rings. The van der Waals surface area contributed by atoms with Gasteiger partial charge in [-0.15, -0.1) is 0 Å². The number of nitro groups is 1. The summed E-state index contributed by atoms with van der Waals surface area (Å²) in [5, 5.41) is 14.9. The number of halogens is 1. The SMILES string of the molecule is COCCNc1cc(N2CCN(C(=O)c3ccc(Cl)cc3)CC2)ccc1[N+](=O)[O-]. The summed E-state index contributed by atoms with van der Waals surface area (Å²) in [6.07, 6.45) is 0. The first-order chi connectivity index (χ1) is 14.0. The Kier molecular flexibility index (Phi) is 6.90. The third-order valence-corrected chi connectivity index (χ3v) is 5.07. The number of anilines is 2. The van der Waals surface area contributed by atoms with Crippen molar-refractivity contribution in [3.63, 3.8) is 0 Å². The van der Waals surface area contributed by atoms with Crippen LogP contribution in [0.5, 0.6) is 0 Å². The number of hydrogen-bond donors (Lipinski definition) is 1. The molecule has 0 saturated carbocycles. The molecule has 1 heterocycles. The van der Waals surface area contributed by atoms with Crippen molar-refractivity contribution in [2.45, 2.75) is 0 Å². The van der Waals surface area contributed by atoms with E-state index in [0.717, 1.165) is 5.69 Å². The fraction of sp³-hybridized carbons (Fsp3) is 0.350. The van der Waals surface area contributed by atoms with Gasteiger partial charge in [0, 0.05) is 62.2 Å². The van der Waals surface area contributed by atoms with Crippen LogP contribution in [-0.4, -0.2) is 62.2 Å². The lowest BCUT2D eigenvalue weighted by molar-refractivity contribution is -0.383. The topological polar surface area (TPSA) is 88.0 Å². The Balaban J connectivity index is 1.66. The number of benzene rings is 2. The molecule has 0 atom stereocenters. The Labute approximate surface area is 174 Å². The van der Waals surface area contributed by atoms with Crippen LogP contribution in [0.15, 0.2) is 42.5 Å². The lowest BCUT2D eigenvalue weighted by Gasteiger charge is -2.36. The predicted octanol–water partition coefficient (Wildman–Crippen LogP) is 3.27. The highest BCUT2D eigenvalue weighted by atomic mass is 35.5. The summed E-state index contributed by atoms with van der Waals surface area (Å²) in [5.41, 5.74) is 1.99. The van der Waals surface area contributed by atoms with Crippen molar-refractivity contribution >= 4 is 34.6 Å². The minimum atomic E-state index is -0.401. The third kappa shape index (κ3) is 5.16. The second kappa shape index (κ2) is 9.58. The van der Waals surface area contributed by atoms with Crippen molar-refractivity contribution in [2.24, 2.45) is 0 Å². The van der Waals surface area contributed by atoms with E-state index in [1.165, 1.54) is 6.07 Å². The number of rotatable bonds is 7. The molecule has 1 saturated heterocycles. The molecule has 0 aliphatic carbocycles. The molecule has 8 nitrogen and oxygen atoms in total. The van der Waals surface area contributed by atoms with Crippen LogP contribution in [0, 0.1) is 10.1 Å². The van der Waals surface area contributed by atoms with E-state index < -0.39 is 4.92 Å². The monoisotopic (exact) mass is 418 g/mol. The molecule has 3 rings (SSSR count). The molecular weight excluding hydrogens is 396 g/mol. The smallest absolute Gasteiger partial charge is 0.292 e. The maximum absolute atomic E-state index is 12.6. The molecular formula is C20H23ClN4O4. The number of nitrogens with one attached hydrogen (secondary N) is 1. The molecule has 2 aromatic carbocycles. The molecule has 9 heteroatoms. The van der Waals surface area contributed by atoms with Crippen LogP contribution in [0.3, 0.4) is 0 Å². The molecule has 0 spiro atoms. The number of methoxy groups -OCH3 is 1. The van der Waals surface area contributed by atoms with E-state index in [1.807, 2.05) is 4.90 Å². The summed E-state index contributed by atoms with van der Waals surface area (Å²) in [7, 11) is 1.58. The highest BCUT2D eigenvalue weighted by molar-refractivity contribution is 6.30. The first-order valence-electron chi connectivity index (χ1n) is 9.30. The molecule has 154 valence electrons. The molecule has 0 radical (unpaired) electrons. The Morgan fingerprint density at radius 1 is 1.17 bits per heavy atom. The zero-order valence-corrected chi connectivity index (χ0v) is 16.9. The first-order valence-corrected chi connectivity index (χ1v) is 9.68. The Morgan fingerprint density at radius 3 is 2.48 bits per heavy atom. The lowest BCUT2D eigenvalue weighted by Crippen LogP contribution is -2.48. The van der Waals surface area contributed by atoms with Crippen molar-refractivity contribution in [1.82, 2.24) is 4.90 Å². The van der Waals surface area contributed by atoms with E-state index in [2.05, 4.69) is 10.2 Å². The highest BCUT2D eigenvalue weighted by Crippen LogP contribution is 2.30. The molecule has 0 unspecified atom stereocenters. The van der Waals surface area contributed by atoms with Gasteiger partial charge in [0.05, 0.1) is 11.5 Å². The summed E-state index contributed by atoms with van der Waals surface area (Å²) >= 11 is 5.89. The van der Waals surface area contributed by atoms with Gasteiger partial charge in [-0.25, -0.2) is 0 Å². The summed E-state index contributed by atoms with van der Waals surface area (Å²) in [6.45, 7) is 3.37. The van der Waals surface area contributed by atoms with Gasteiger partial charge in [0.1, 0.15) is 5.69 Å². The second-order valence-electron chi connectivity index (χ2n) is 6.66. The number of nitro benzene ring substituents is 1. The van der Waals surface area contributed by atoms with E-state index in [9.17, 15) is 14.9 Å². The Hall–Kier alpha value is -2.84. The van der Waals surface area contributed by atoms with E-state index in [1.54, 1.807) is 43.5 Å². The van der Waals surface area contributed by atoms with Gasteiger partial charge >= 0.3 is 0 Å². The van der Waals surface area contributed by atoms with Gasteiger partial charge in [0.15, 0.2) is 0 Å². The van der Waals surface area contributed by atoms with Crippen molar-refractivity contribution in [3.05, 3.63) is 63.2 Å². The Morgan fingerprint density at radius 2 is 1.86 bits per heavy atom. The zero-order valence-electron chi connectivity index (χ0n) is 16.1. The number of piperazine rings is 1. The molecule has 1 aliphatic heterocycles. The maximum atomic E-state index is 12.6. The Bertz CT molecular complexity index is 867. The van der Waals surface area contributed by atoms with Gasteiger partial charge in [0.25, 0.3) is 11.6 Å². The summed E-state index contributed by atoms with van der Waals surface area (Å²) in [4.78, 5) is 27.5. The molecule has 29 heavy (non-hydrogen) atoms. The van der Waals surface area contributed by atoms with Gasteiger partial charge in [0.2, 0.25) is 0 Å². The van der Waals surface area contributed by atoms with Crippen molar-refractivity contribution in [2.75, 3.05) is 56.7 Å². The van der Waals surface area contributed by atoms with Gasteiger partial charge in [-0.2, -0.15) is 0 Å². The average molecular weight is 419 g/mol. The molecule has 1 N–H and O–H groups in total. The average Bonchev–Trinajstić information content (AvgIpc) is 2.74. The summed E-state index contributed by atoms with van der Waals surface area (Å²) in [6, 6.07) is 11.9. The number of nitrogens with zero attached hydrogens (tertiary/aromatic N) is 3. The zero-order chi connectivity index (χ0) is 20.8. The van der Waals surface area contributed by atoms with Gasteiger partial charge < -0.3 is 19.9 Å². The van der Waals surface area contributed by atoms with Crippen LogP contribution >= 0.6 is 11.6 Å². The van der Waals surface area contributed by atoms with Gasteiger partial charge in [-0.3, -0.25) is 14.9 Å². The number of amides is 1. The summed E-state index contributed by atoms with van der Waals surface area (Å²) < 4.78 is 5.00. The van der Waals surface area contributed by atoms with Crippen molar-refractivity contribution in [3.8, 4) is 0 Å². The van der Waals surface area contributed by atoms with E-state index in [-0.39, 0.29) is 11.6 Å². The standard InChI is InChI=1S/C20H23ClN4O4/c1-29-13-8-22-18-14-17(6-7-19(18)25(27)28)23-9-11-24(12-10-23)20(26)15-2-4-16(21)5-3-15/h2-7,14,22H,8-13H2,1H3. The fourth-order valence-electron chi connectivity index (χ4n) is 3.25. The number of ether oxygens (including phenoxy) is 1. The second-order valence-corrected chi connectivity index (χ2v) is 7.10. The summed E-state index contributed by atoms with van der Waals surface area (Å²) in [5.74, 6) is -0.0214. The minimum Gasteiger partial charge on any atom is -0.383 e. The number of carbonyl (C=O) groups is 1. The van der Waals surface area contributed by atoms with Crippen LogP contribution < -0.4 is 10.2 Å². The van der Waals surface area contributed by atoms with Crippen molar-refractivity contribution < 1.29 is 14.5 Å². The van der Waals surface area contributed by atoms with Crippen LogP contribution in [0.25, 0.3) is 0 Å². The van der Waals surface area contributed by atoms with Crippen molar-refractivity contribution in [1.29, 1.82) is 0 Å². The quantitative estimate of drug-likeness (QED) is 0.422. The van der Waals surface area contributed by atoms with Gasteiger partial charge in [-0.1, -0.05) is 11.6 Å². The highest BCUT2D eigenvalue weighted by Gasteiger charge is 2.24. The molecule has 1 amide bonds. The van der Waals surface area contributed by atoms with Crippen LogP contribution in [0.2, 0.25) is 5.02 Å². The minimum absolute atomic E-state index is 0.0214. The van der Waals surface area contributed by atoms with E-state index in [4.69, 9.17) is 16.3 Å². The molecule has 1 aliphatic rings. The maximum Gasteiger partial charge on any atom is 0.292 e. The predicted molar refractivity (Wildman–Crippen MR) is 113 cm³/mol. The number of carbonyl (C=O) groups excluding carboxylic acids is 1. The van der Waals surface area contributed by atoms with E-state index >= 15 is 0 Å². The first kappa shape index (κ1) is 20.9. The number of hydrogen-bond acceptors (Lipinski definition) is 6. The van der Waals surface area contributed by atoms with Gasteiger partial charge in [-0.05, 0) is 36.4 Å². The third-order valence-electron chi connectivity index (χ3n) is 4.82. The lowest BCUT2D eigenvalue weighted by atomic mass is 10.1. The van der Waals surface area contributed by atoms with Crippen LogP contribution in [0.1, 0.15) is 10.4 Å². The van der Waals surface area contributed by atoms with Crippen LogP contribution in [0.4, 0.5) is 17.1 Å². The molecule has 0 aromatic heterocycles. The van der Waals surface area contributed by atoms with Crippen LogP contribution in [-0.2, 0) is 4.74 Å². The largest absolute Gasteiger partial charge is 0.383 e. The molecule has 2 aromatic rings. The normalized spacial score (nSPS) is 14.0. The fourth-order valence-corrected chi connectivity index (χ4v) is 3.38. The molecule has 0 bridgehead atoms.